The van der Waals surface area contributed by atoms with Crippen LogP contribution in [-0.2, 0) is 17.8 Å². The highest BCUT2D eigenvalue weighted by molar-refractivity contribution is 6.30. The van der Waals surface area contributed by atoms with Gasteiger partial charge in [0.15, 0.2) is 5.69 Å². The lowest BCUT2D eigenvalue weighted by Crippen LogP contribution is -2.05. The van der Waals surface area contributed by atoms with Gasteiger partial charge in [0.1, 0.15) is 6.61 Å². The van der Waals surface area contributed by atoms with E-state index in [1.807, 2.05) is 12.1 Å². The molecule has 0 fully saturated rings. The van der Waals surface area contributed by atoms with E-state index in [9.17, 15) is 4.79 Å². The number of aryl methyl sites for hydroxylation is 1. The van der Waals surface area contributed by atoms with Crippen LogP contribution in [0.4, 0.5) is 0 Å². The first-order chi connectivity index (χ1) is 9.19. The van der Waals surface area contributed by atoms with Crippen LogP contribution in [0.25, 0.3) is 0 Å². The molecule has 100 valence electrons. The molecule has 0 aliphatic carbocycles. The molecule has 2 aromatic rings. The summed E-state index contributed by atoms with van der Waals surface area (Å²) in [5, 5.41) is 7.39. The summed E-state index contributed by atoms with van der Waals surface area (Å²) in [4.78, 5) is 11.8. The minimum absolute atomic E-state index is 0.190. The highest BCUT2D eigenvalue weighted by atomic mass is 35.5. The standard InChI is InChI=1S/C14H15ClN2O2/c1-2-4-12-8-13(17-16-12)14(18)19-9-10-5-3-6-11(15)7-10/h3,5-8H,2,4,9H2,1H3,(H,16,17). The van der Waals surface area contributed by atoms with Gasteiger partial charge in [0.05, 0.1) is 0 Å². The summed E-state index contributed by atoms with van der Waals surface area (Å²) in [6, 6.07) is 8.94. The van der Waals surface area contributed by atoms with Crippen molar-refractivity contribution in [1.82, 2.24) is 10.2 Å². The molecule has 0 atom stereocenters. The van der Waals surface area contributed by atoms with Crippen LogP contribution in [0.5, 0.6) is 0 Å². The fraction of sp³-hybridized carbons (Fsp3) is 0.286. The van der Waals surface area contributed by atoms with E-state index in [0.717, 1.165) is 24.1 Å². The summed E-state index contributed by atoms with van der Waals surface area (Å²) in [6.07, 6.45) is 1.87. The molecule has 0 bridgehead atoms. The highest BCUT2D eigenvalue weighted by Gasteiger charge is 2.11. The number of nitrogens with zero attached hydrogens (tertiary/aromatic N) is 1. The minimum Gasteiger partial charge on any atom is -0.456 e. The van der Waals surface area contributed by atoms with Gasteiger partial charge < -0.3 is 4.74 Å². The first kappa shape index (κ1) is 13.6. The van der Waals surface area contributed by atoms with Gasteiger partial charge in [0.2, 0.25) is 0 Å². The first-order valence-electron chi connectivity index (χ1n) is 6.15. The van der Waals surface area contributed by atoms with Crippen molar-refractivity contribution in [2.45, 2.75) is 26.4 Å². The van der Waals surface area contributed by atoms with Crippen molar-refractivity contribution in [3.63, 3.8) is 0 Å². The maximum Gasteiger partial charge on any atom is 0.359 e. The van der Waals surface area contributed by atoms with Gasteiger partial charge in [-0.25, -0.2) is 4.79 Å². The molecule has 19 heavy (non-hydrogen) atoms. The Morgan fingerprint density at radius 3 is 3.00 bits per heavy atom. The molecule has 1 heterocycles. The Labute approximate surface area is 116 Å². The summed E-state index contributed by atoms with van der Waals surface area (Å²) in [6.45, 7) is 2.26. The molecular weight excluding hydrogens is 264 g/mol. The van der Waals surface area contributed by atoms with E-state index in [1.165, 1.54) is 0 Å². The lowest BCUT2D eigenvalue weighted by Gasteiger charge is -2.03. The van der Waals surface area contributed by atoms with Crippen LogP contribution >= 0.6 is 11.6 Å². The van der Waals surface area contributed by atoms with Crippen LogP contribution in [0.3, 0.4) is 0 Å². The predicted octanol–water partition coefficient (Wildman–Crippen LogP) is 3.37. The Balaban J connectivity index is 1.93. The summed E-state index contributed by atoms with van der Waals surface area (Å²) < 4.78 is 5.18. The van der Waals surface area contributed by atoms with E-state index in [4.69, 9.17) is 16.3 Å². The topological polar surface area (TPSA) is 55.0 Å². The van der Waals surface area contributed by atoms with Crippen LogP contribution < -0.4 is 0 Å². The molecule has 0 aliphatic heterocycles. The summed E-state index contributed by atoms with van der Waals surface area (Å²) in [5.41, 5.74) is 2.10. The molecule has 4 nitrogen and oxygen atoms in total. The van der Waals surface area contributed by atoms with Crippen LogP contribution in [0, 0.1) is 0 Å². The largest absolute Gasteiger partial charge is 0.456 e. The third-order valence-electron chi connectivity index (χ3n) is 2.62. The van der Waals surface area contributed by atoms with Crippen molar-refractivity contribution >= 4 is 17.6 Å². The summed E-state index contributed by atoms with van der Waals surface area (Å²) in [5.74, 6) is -0.432. The van der Waals surface area contributed by atoms with Gasteiger partial charge >= 0.3 is 5.97 Å². The van der Waals surface area contributed by atoms with E-state index >= 15 is 0 Å². The van der Waals surface area contributed by atoms with Crippen molar-refractivity contribution in [2.24, 2.45) is 0 Å². The quantitative estimate of drug-likeness (QED) is 0.853. The molecule has 0 unspecified atom stereocenters. The predicted molar refractivity (Wildman–Crippen MR) is 73.2 cm³/mol. The van der Waals surface area contributed by atoms with Gasteiger partial charge in [-0.05, 0) is 30.2 Å². The van der Waals surface area contributed by atoms with Crippen LogP contribution in [0.2, 0.25) is 5.02 Å². The lowest BCUT2D eigenvalue weighted by atomic mass is 10.2. The number of hydrogen-bond acceptors (Lipinski definition) is 3. The fourth-order valence-corrected chi connectivity index (χ4v) is 1.93. The maximum absolute atomic E-state index is 11.8. The number of rotatable bonds is 5. The van der Waals surface area contributed by atoms with E-state index in [0.29, 0.717) is 10.7 Å². The molecule has 0 radical (unpaired) electrons. The number of aromatic nitrogens is 2. The normalized spacial score (nSPS) is 10.4. The average Bonchev–Trinajstić information content (AvgIpc) is 2.85. The summed E-state index contributed by atoms with van der Waals surface area (Å²) in [7, 11) is 0. The van der Waals surface area contributed by atoms with E-state index < -0.39 is 5.97 Å². The molecule has 2 rings (SSSR count). The number of benzene rings is 1. The second-order valence-corrected chi connectivity index (χ2v) is 4.67. The molecule has 0 aliphatic rings. The molecule has 5 heteroatoms. The smallest absolute Gasteiger partial charge is 0.359 e. The Morgan fingerprint density at radius 2 is 2.26 bits per heavy atom. The molecule has 0 saturated heterocycles. The van der Waals surface area contributed by atoms with Gasteiger partial charge in [-0.3, -0.25) is 5.10 Å². The van der Waals surface area contributed by atoms with Gasteiger partial charge in [0, 0.05) is 10.7 Å². The Morgan fingerprint density at radius 1 is 1.42 bits per heavy atom. The number of H-pyrrole nitrogens is 1. The number of ether oxygens (including phenoxy) is 1. The van der Waals surface area contributed by atoms with Crippen molar-refractivity contribution < 1.29 is 9.53 Å². The van der Waals surface area contributed by atoms with Crippen LogP contribution in [0.1, 0.15) is 35.1 Å². The number of halogens is 1. The second-order valence-electron chi connectivity index (χ2n) is 4.23. The Hall–Kier alpha value is -1.81. The minimum atomic E-state index is -0.432. The second kappa shape index (κ2) is 6.38. The third-order valence-corrected chi connectivity index (χ3v) is 2.85. The molecular formula is C14H15ClN2O2. The highest BCUT2D eigenvalue weighted by Crippen LogP contribution is 2.12. The van der Waals surface area contributed by atoms with Crippen LogP contribution in [-0.4, -0.2) is 16.2 Å². The SMILES string of the molecule is CCCc1cc(C(=O)OCc2cccc(Cl)c2)n[nH]1. The zero-order valence-electron chi connectivity index (χ0n) is 10.6. The van der Waals surface area contributed by atoms with Gasteiger partial charge in [-0.1, -0.05) is 37.1 Å². The number of carbonyl (C=O) groups is 1. The number of esters is 1. The monoisotopic (exact) mass is 278 g/mol. The van der Waals surface area contributed by atoms with Crippen molar-refractivity contribution in [3.05, 3.63) is 52.3 Å². The number of nitrogens with one attached hydrogen (secondary N) is 1. The van der Waals surface area contributed by atoms with E-state index in [1.54, 1.807) is 18.2 Å². The number of carbonyl (C=O) groups excluding carboxylic acids is 1. The van der Waals surface area contributed by atoms with Gasteiger partial charge in [-0.15, -0.1) is 0 Å². The Kier molecular flexibility index (Phi) is 4.58. The molecule has 1 aromatic carbocycles. The van der Waals surface area contributed by atoms with Crippen molar-refractivity contribution in [3.8, 4) is 0 Å². The zero-order valence-corrected chi connectivity index (χ0v) is 11.4. The molecule has 0 amide bonds. The lowest BCUT2D eigenvalue weighted by molar-refractivity contribution is 0.0465. The van der Waals surface area contributed by atoms with E-state index in [-0.39, 0.29) is 6.61 Å². The van der Waals surface area contributed by atoms with Crippen LogP contribution in [0.15, 0.2) is 30.3 Å². The fourth-order valence-electron chi connectivity index (χ4n) is 1.71. The number of hydrogen-bond donors (Lipinski definition) is 1. The molecule has 0 spiro atoms. The summed E-state index contributed by atoms with van der Waals surface area (Å²) >= 11 is 5.86. The maximum atomic E-state index is 11.8. The van der Waals surface area contributed by atoms with E-state index in [2.05, 4.69) is 17.1 Å². The van der Waals surface area contributed by atoms with Crippen molar-refractivity contribution in [2.75, 3.05) is 0 Å². The Bertz CT molecular complexity index is 566. The van der Waals surface area contributed by atoms with Gasteiger partial charge in [0.25, 0.3) is 0 Å². The molecule has 1 N–H and O–H groups in total. The zero-order chi connectivity index (χ0) is 13.7. The first-order valence-corrected chi connectivity index (χ1v) is 6.52. The number of aromatic amines is 1. The van der Waals surface area contributed by atoms with Crippen molar-refractivity contribution in [1.29, 1.82) is 0 Å². The van der Waals surface area contributed by atoms with Gasteiger partial charge in [-0.2, -0.15) is 5.10 Å². The average molecular weight is 279 g/mol. The third kappa shape index (κ3) is 3.83. The molecule has 1 aromatic heterocycles. The molecule has 0 saturated carbocycles.